The standard InChI is InChI=1S/C13H11ClN6O/c1-8-12(16-6-17-13(8)21)19-11-3-2-9(4-10(11)14)20-7-15-5-18-20/h2-7H,1H3,(H2,16,17,19,21). The molecule has 0 atom stereocenters. The Hall–Kier alpha value is -2.67. The van der Waals surface area contributed by atoms with Crippen molar-refractivity contribution in [3.05, 3.63) is 58.1 Å². The smallest absolute Gasteiger partial charge is 0.255 e. The summed E-state index contributed by atoms with van der Waals surface area (Å²) in [5.74, 6) is 0.467. The fourth-order valence-electron chi connectivity index (χ4n) is 1.81. The normalized spacial score (nSPS) is 10.6. The maximum atomic E-state index is 11.5. The fraction of sp³-hybridized carbons (Fsp3) is 0.0769. The lowest BCUT2D eigenvalue weighted by atomic mass is 10.2. The summed E-state index contributed by atoms with van der Waals surface area (Å²) >= 11 is 6.25. The second kappa shape index (κ2) is 5.37. The van der Waals surface area contributed by atoms with E-state index in [1.165, 1.54) is 12.7 Å². The van der Waals surface area contributed by atoms with Gasteiger partial charge in [0.1, 0.15) is 18.5 Å². The van der Waals surface area contributed by atoms with Crippen molar-refractivity contribution in [2.24, 2.45) is 0 Å². The summed E-state index contributed by atoms with van der Waals surface area (Å²) < 4.78 is 1.60. The monoisotopic (exact) mass is 302 g/mol. The summed E-state index contributed by atoms with van der Waals surface area (Å²) in [5.41, 5.74) is 1.75. The van der Waals surface area contributed by atoms with Gasteiger partial charge in [-0.2, -0.15) is 5.10 Å². The Bertz CT molecular complexity index is 827. The predicted octanol–water partition coefficient (Wildman–Crippen LogP) is 2.06. The molecule has 0 saturated carbocycles. The molecule has 2 heterocycles. The Kier molecular flexibility index (Phi) is 3.41. The number of benzene rings is 1. The number of H-pyrrole nitrogens is 1. The first-order chi connectivity index (χ1) is 10.1. The number of halogens is 1. The van der Waals surface area contributed by atoms with Crippen LogP contribution in [0.4, 0.5) is 11.5 Å². The second-order valence-electron chi connectivity index (χ2n) is 4.33. The number of nitrogens with one attached hydrogen (secondary N) is 2. The van der Waals surface area contributed by atoms with Gasteiger partial charge in [-0.3, -0.25) is 4.79 Å². The molecule has 1 aromatic carbocycles. The van der Waals surface area contributed by atoms with Crippen molar-refractivity contribution in [2.75, 3.05) is 5.32 Å². The minimum atomic E-state index is -0.192. The Balaban J connectivity index is 1.93. The van der Waals surface area contributed by atoms with Crippen molar-refractivity contribution >= 4 is 23.1 Å². The molecule has 3 aromatic rings. The van der Waals surface area contributed by atoms with Crippen molar-refractivity contribution < 1.29 is 0 Å². The highest BCUT2D eigenvalue weighted by Crippen LogP contribution is 2.27. The molecule has 0 spiro atoms. The molecule has 2 aromatic heterocycles. The van der Waals surface area contributed by atoms with Crippen LogP contribution in [0.1, 0.15) is 5.56 Å². The molecular formula is C13H11ClN6O. The molecule has 0 bridgehead atoms. The summed E-state index contributed by atoms with van der Waals surface area (Å²) in [6.45, 7) is 1.69. The molecule has 0 unspecified atom stereocenters. The van der Waals surface area contributed by atoms with Crippen LogP contribution in [-0.2, 0) is 0 Å². The number of aromatic nitrogens is 5. The minimum Gasteiger partial charge on any atom is -0.339 e. The molecule has 3 rings (SSSR count). The van der Waals surface area contributed by atoms with Crippen molar-refractivity contribution in [1.29, 1.82) is 0 Å². The zero-order chi connectivity index (χ0) is 14.8. The zero-order valence-electron chi connectivity index (χ0n) is 11.0. The van der Waals surface area contributed by atoms with E-state index in [1.807, 2.05) is 6.07 Å². The van der Waals surface area contributed by atoms with Crippen LogP contribution in [-0.4, -0.2) is 24.7 Å². The van der Waals surface area contributed by atoms with Gasteiger partial charge in [0.15, 0.2) is 0 Å². The third kappa shape index (κ3) is 2.63. The summed E-state index contributed by atoms with van der Waals surface area (Å²) in [7, 11) is 0. The van der Waals surface area contributed by atoms with E-state index in [0.29, 0.717) is 22.1 Å². The van der Waals surface area contributed by atoms with Gasteiger partial charge in [0.05, 0.1) is 28.3 Å². The van der Waals surface area contributed by atoms with Crippen LogP contribution < -0.4 is 10.9 Å². The predicted molar refractivity (Wildman–Crippen MR) is 79.2 cm³/mol. The van der Waals surface area contributed by atoms with Crippen LogP contribution in [0.25, 0.3) is 5.69 Å². The number of hydrogen-bond acceptors (Lipinski definition) is 5. The molecule has 0 aliphatic carbocycles. The lowest BCUT2D eigenvalue weighted by Crippen LogP contribution is -2.12. The second-order valence-corrected chi connectivity index (χ2v) is 4.74. The molecule has 21 heavy (non-hydrogen) atoms. The molecule has 0 aliphatic heterocycles. The highest BCUT2D eigenvalue weighted by Gasteiger charge is 2.08. The summed E-state index contributed by atoms with van der Waals surface area (Å²) in [5, 5.41) is 7.57. The van der Waals surface area contributed by atoms with Gasteiger partial charge in [-0.05, 0) is 25.1 Å². The van der Waals surface area contributed by atoms with Gasteiger partial charge in [0.25, 0.3) is 5.56 Å². The average Bonchev–Trinajstić information content (AvgIpc) is 3.00. The van der Waals surface area contributed by atoms with Crippen molar-refractivity contribution in [2.45, 2.75) is 6.92 Å². The van der Waals surface area contributed by atoms with E-state index < -0.39 is 0 Å². The van der Waals surface area contributed by atoms with E-state index in [9.17, 15) is 4.79 Å². The SMILES string of the molecule is Cc1c(Nc2ccc(-n3cncn3)cc2Cl)nc[nH]c1=O. The van der Waals surface area contributed by atoms with Crippen LogP contribution >= 0.6 is 11.6 Å². The van der Waals surface area contributed by atoms with Gasteiger partial charge in [-0.15, -0.1) is 0 Å². The molecule has 7 nitrogen and oxygen atoms in total. The fourth-order valence-corrected chi connectivity index (χ4v) is 2.03. The highest BCUT2D eigenvalue weighted by atomic mass is 35.5. The first-order valence-electron chi connectivity index (χ1n) is 6.11. The van der Waals surface area contributed by atoms with Gasteiger partial charge in [-0.1, -0.05) is 11.6 Å². The lowest BCUT2D eigenvalue weighted by Gasteiger charge is -2.10. The van der Waals surface area contributed by atoms with E-state index >= 15 is 0 Å². The van der Waals surface area contributed by atoms with Gasteiger partial charge in [-0.25, -0.2) is 14.6 Å². The maximum absolute atomic E-state index is 11.5. The molecule has 8 heteroatoms. The van der Waals surface area contributed by atoms with E-state index in [0.717, 1.165) is 5.69 Å². The topological polar surface area (TPSA) is 88.5 Å². The van der Waals surface area contributed by atoms with E-state index in [4.69, 9.17) is 11.6 Å². The summed E-state index contributed by atoms with van der Waals surface area (Å²) in [6.07, 6.45) is 4.38. The largest absolute Gasteiger partial charge is 0.339 e. The van der Waals surface area contributed by atoms with E-state index in [1.54, 1.807) is 30.1 Å². The molecule has 0 saturated heterocycles. The summed E-state index contributed by atoms with van der Waals surface area (Å²) in [4.78, 5) is 22.0. The molecule has 0 aliphatic rings. The number of aromatic amines is 1. The number of rotatable bonds is 3. The van der Waals surface area contributed by atoms with Crippen LogP contribution in [0.5, 0.6) is 0 Å². The Morgan fingerprint density at radius 3 is 2.95 bits per heavy atom. The van der Waals surface area contributed by atoms with E-state index in [-0.39, 0.29) is 5.56 Å². The van der Waals surface area contributed by atoms with Crippen LogP contribution in [0.2, 0.25) is 5.02 Å². The molecule has 0 radical (unpaired) electrons. The Morgan fingerprint density at radius 1 is 1.38 bits per heavy atom. The first kappa shape index (κ1) is 13.3. The van der Waals surface area contributed by atoms with Crippen molar-refractivity contribution in [1.82, 2.24) is 24.7 Å². The third-order valence-electron chi connectivity index (χ3n) is 2.97. The van der Waals surface area contributed by atoms with Crippen molar-refractivity contribution in [3.63, 3.8) is 0 Å². The molecule has 106 valence electrons. The van der Waals surface area contributed by atoms with Gasteiger partial charge < -0.3 is 10.3 Å². The first-order valence-corrected chi connectivity index (χ1v) is 6.49. The minimum absolute atomic E-state index is 0.192. The van der Waals surface area contributed by atoms with Gasteiger partial charge in [0.2, 0.25) is 0 Å². The van der Waals surface area contributed by atoms with Gasteiger partial charge >= 0.3 is 0 Å². The van der Waals surface area contributed by atoms with Crippen LogP contribution in [0.3, 0.4) is 0 Å². The molecule has 2 N–H and O–H groups in total. The zero-order valence-corrected chi connectivity index (χ0v) is 11.8. The molecule has 0 fully saturated rings. The quantitative estimate of drug-likeness (QED) is 0.773. The van der Waals surface area contributed by atoms with Gasteiger partial charge in [0, 0.05) is 0 Å². The Morgan fingerprint density at radius 2 is 2.24 bits per heavy atom. The lowest BCUT2D eigenvalue weighted by molar-refractivity contribution is 0.879. The molecular weight excluding hydrogens is 292 g/mol. The van der Waals surface area contributed by atoms with Crippen molar-refractivity contribution in [3.8, 4) is 5.69 Å². The number of hydrogen-bond donors (Lipinski definition) is 2. The van der Waals surface area contributed by atoms with E-state index in [2.05, 4.69) is 25.4 Å². The molecule has 0 amide bonds. The number of anilines is 2. The summed E-state index contributed by atoms with van der Waals surface area (Å²) in [6, 6.07) is 5.38. The Labute approximate surface area is 124 Å². The third-order valence-corrected chi connectivity index (χ3v) is 3.29. The highest BCUT2D eigenvalue weighted by molar-refractivity contribution is 6.33. The maximum Gasteiger partial charge on any atom is 0.255 e. The van der Waals surface area contributed by atoms with Crippen LogP contribution in [0, 0.1) is 6.92 Å². The van der Waals surface area contributed by atoms with Crippen LogP contribution in [0.15, 0.2) is 42.0 Å². The average molecular weight is 303 g/mol. The number of nitrogens with zero attached hydrogens (tertiary/aromatic N) is 4.